The Morgan fingerprint density at radius 2 is 1.81 bits per heavy atom. The lowest BCUT2D eigenvalue weighted by atomic mass is 10.1. The van der Waals surface area contributed by atoms with Gasteiger partial charge in [0.25, 0.3) is 10.0 Å². The minimum absolute atomic E-state index is 0.0740. The fourth-order valence-electron chi connectivity index (χ4n) is 3.94. The summed E-state index contributed by atoms with van der Waals surface area (Å²) in [5.74, 6) is -0.651. The van der Waals surface area contributed by atoms with Gasteiger partial charge in [0.1, 0.15) is 5.82 Å². The lowest BCUT2D eigenvalue weighted by Gasteiger charge is -2.29. The van der Waals surface area contributed by atoms with Gasteiger partial charge in [0.2, 0.25) is 0 Å². The van der Waals surface area contributed by atoms with Crippen LogP contribution in [0.3, 0.4) is 0 Å². The number of nitrogens with zero attached hydrogens (tertiary/aromatic N) is 2. The lowest BCUT2D eigenvalue weighted by molar-refractivity contribution is 0.0137. The van der Waals surface area contributed by atoms with Gasteiger partial charge >= 0.3 is 0 Å². The molecule has 8 heteroatoms. The van der Waals surface area contributed by atoms with Crippen molar-refractivity contribution < 1.29 is 22.7 Å². The van der Waals surface area contributed by atoms with Crippen LogP contribution in [0.4, 0.5) is 10.1 Å². The summed E-state index contributed by atoms with van der Waals surface area (Å²) >= 11 is 0. The first-order valence-corrected chi connectivity index (χ1v) is 12.4. The van der Waals surface area contributed by atoms with Crippen molar-refractivity contribution >= 4 is 15.7 Å². The van der Waals surface area contributed by atoms with E-state index in [-0.39, 0.29) is 29.5 Å². The summed E-state index contributed by atoms with van der Waals surface area (Å²) in [7, 11) is -3.99. The number of anilines is 1. The van der Waals surface area contributed by atoms with Crippen molar-refractivity contribution in [1.82, 2.24) is 4.90 Å². The third kappa shape index (κ3) is 5.67. The second-order valence-corrected chi connectivity index (χ2v) is 10.7. The molecule has 1 aliphatic heterocycles. The van der Waals surface area contributed by atoms with Crippen LogP contribution in [-0.4, -0.2) is 57.8 Å². The Morgan fingerprint density at radius 3 is 2.41 bits per heavy atom. The van der Waals surface area contributed by atoms with Crippen molar-refractivity contribution in [2.24, 2.45) is 5.92 Å². The van der Waals surface area contributed by atoms with E-state index in [4.69, 9.17) is 4.74 Å². The maximum atomic E-state index is 15.0. The van der Waals surface area contributed by atoms with Crippen LogP contribution in [0.5, 0.6) is 0 Å². The standard InChI is InChI=1S/C24H33FN2O4S/c1-17(2)15-27(23-8-5-18(3)13-19(23)4)32(29,30)20-6-7-21(22(25)14-20)24(28)16-26-9-11-31-12-10-26/h5-8,13-14,17,24,28H,9-12,15-16H2,1-4H3. The van der Waals surface area contributed by atoms with Crippen molar-refractivity contribution in [3.05, 3.63) is 58.9 Å². The van der Waals surface area contributed by atoms with Crippen molar-refractivity contribution in [3.8, 4) is 0 Å². The third-order valence-electron chi connectivity index (χ3n) is 5.61. The van der Waals surface area contributed by atoms with Gasteiger partial charge in [-0.05, 0) is 43.5 Å². The van der Waals surface area contributed by atoms with Gasteiger partial charge in [0.05, 0.1) is 29.9 Å². The molecule has 1 atom stereocenters. The molecule has 2 aromatic carbocycles. The van der Waals surface area contributed by atoms with E-state index in [1.807, 2.05) is 44.7 Å². The number of aryl methyl sites for hydroxylation is 2. The molecule has 0 amide bonds. The van der Waals surface area contributed by atoms with Crippen LogP contribution >= 0.6 is 0 Å². The predicted octanol–water partition coefficient (Wildman–Crippen LogP) is 3.66. The van der Waals surface area contributed by atoms with Crippen molar-refractivity contribution in [3.63, 3.8) is 0 Å². The first-order chi connectivity index (χ1) is 15.1. The highest BCUT2D eigenvalue weighted by atomic mass is 32.2. The summed E-state index contributed by atoms with van der Waals surface area (Å²) < 4.78 is 48.7. The Labute approximate surface area is 190 Å². The van der Waals surface area contributed by atoms with E-state index in [1.165, 1.54) is 16.4 Å². The van der Waals surface area contributed by atoms with Gasteiger partial charge in [0.15, 0.2) is 0 Å². The first-order valence-electron chi connectivity index (χ1n) is 11.0. The molecular formula is C24H33FN2O4S. The lowest BCUT2D eigenvalue weighted by Crippen LogP contribution is -2.39. The highest BCUT2D eigenvalue weighted by molar-refractivity contribution is 7.92. The Balaban J connectivity index is 1.90. The van der Waals surface area contributed by atoms with Crippen LogP contribution in [0.1, 0.15) is 36.6 Å². The number of hydrogen-bond donors (Lipinski definition) is 1. The van der Waals surface area contributed by atoms with Crippen LogP contribution in [0.2, 0.25) is 0 Å². The molecule has 0 aromatic heterocycles. The Kier molecular flexibility index (Phi) is 7.92. The zero-order chi connectivity index (χ0) is 23.5. The number of hydrogen-bond acceptors (Lipinski definition) is 5. The second-order valence-electron chi connectivity index (χ2n) is 8.83. The summed E-state index contributed by atoms with van der Waals surface area (Å²) in [4.78, 5) is 1.88. The Morgan fingerprint density at radius 1 is 1.12 bits per heavy atom. The zero-order valence-corrected chi connectivity index (χ0v) is 20.0. The molecular weight excluding hydrogens is 431 g/mol. The van der Waals surface area contributed by atoms with E-state index in [1.54, 1.807) is 6.07 Å². The molecule has 0 aliphatic carbocycles. The summed E-state index contributed by atoms with van der Waals surface area (Å²) in [5.41, 5.74) is 2.56. The predicted molar refractivity (Wildman–Crippen MR) is 124 cm³/mol. The molecule has 0 saturated carbocycles. The number of benzene rings is 2. The Bertz CT molecular complexity index is 1040. The fraction of sp³-hybridized carbons (Fsp3) is 0.500. The summed E-state index contributed by atoms with van der Waals surface area (Å²) in [6, 6.07) is 9.38. The molecule has 32 heavy (non-hydrogen) atoms. The number of aliphatic hydroxyl groups excluding tert-OH is 1. The molecule has 2 aromatic rings. The molecule has 1 fully saturated rings. The molecule has 1 unspecified atom stereocenters. The van der Waals surface area contributed by atoms with Crippen LogP contribution in [-0.2, 0) is 14.8 Å². The Hall–Kier alpha value is -2.00. The van der Waals surface area contributed by atoms with Gasteiger partial charge in [-0.15, -0.1) is 0 Å². The highest BCUT2D eigenvalue weighted by Crippen LogP contribution is 2.30. The molecule has 1 heterocycles. The normalized spacial score (nSPS) is 16.3. The minimum Gasteiger partial charge on any atom is -0.387 e. The van der Waals surface area contributed by atoms with Gasteiger partial charge in [0, 0.05) is 31.7 Å². The highest BCUT2D eigenvalue weighted by Gasteiger charge is 2.28. The van der Waals surface area contributed by atoms with Gasteiger partial charge in [-0.3, -0.25) is 9.21 Å². The van der Waals surface area contributed by atoms with Crippen molar-refractivity contribution in [2.45, 2.75) is 38.7 Å². The minimum atomic E-state index is -3.99. The van der Waals surface area contributed by atoms with E-state index in [9.17, 15) is 17.9 Å². The van der Waals surface area contributed by atoms with Crippen LogP contribution in [0.15, 0.2) is 41.3 Å². The molecule has 176 valence electrons. The number of morpholine rings is 1. The molecule has 0 bridgehead atoms. The molecule has 3 rings (SSSR count). The molecule has 0 spiro atoms. The van der Waals surface area contributed by atoms with Crippen LogP contribution in [0.25, 0.3) is 0 Å². The monoisotopic (exact) mass is 464 g/mol. The number of ether oxygens (including phenoxy) is 1. The maximum Gasteiger partial charge on any atom is 0.264 e. The van der Waals surface area contributed by atoms with Crippen molar-refractivity contribution in [1.29, 1.82) is 0 Å². The van der Waals surface area contributed by atoms with Crippen LogP contribution < -0.4 is 4.31 Å². The topological polar surface area (TPSA) is 70.1 Å². The van der Waals surface area contributed by atoms with E-state index in [0.717, 1.165) is 17.2 Å². The molecule has 0 radical (unpaired) electrons. The second kappa shape index (κ2) is 10.3. The molecule has 6 nitrogen and oxygen atoms in total. The number of aliphatic hydroxyl groups is 1. The summed E-state index contributed by atoms with van der Waals surface area (Å²) in [6.45, 7) is 10.8. The van der Waals surface area contributed by atoms with E-state index in [2.05, 4.69) is 0 Å². The molecule has 1 saturated heterocycles. The van der Waals surface area contributed by atoms with Gasteiger partial charge < -0.3 is 9.84 Å². The summed E-state index contributed by atoms with van der Waals surface area (Å²) in [5, 5.41) is 10.5. The van der Waals surface area contributed by atoms with Crippen molar-refractivity contribution in [2.75, 3.05) is 43.7 Å². The van der Waals surface area contributed by atoms with Gasteiger partial charge in [-0.25, -0.2) is 12.8 Å². The first kappa shape index (κ1) is 24.6. The van der Waals surface area contributed by atoms with E-state index < -0.39 is 21.9 Å². The van der Waals surface area contributed by atoms with E-state index >= 15 is 0 Å². The largest absolute Gasteiger partial charge is 0.387 e. The SMILES string of the molecule is Cc1ccc(N(CC(C)C)S(=O)(=O)c2ccc(C(O)CN3CCOCC3)c(F)c2)c(C)c1. The van der Waals surface area contributed by atoms with Crippen LogP contribution in [0, 0.1) is 25.6 Å². The molecule has 1 aliphatic rings. The smallest absolute Gasteiger partial charge is 0.264 e. The number of β-amino-alcohol motifs (C(OH)–C–C–N with tert-alkyl or cyclic N) is 1. The average molecular weight is 465 g/mol. The quantitative estimate of drug-likeness (QED) is 0.646. The number of sulfonamides is 1. The third-order valence-corrected chi connectivity index (χ3v) is 7.38. The molecule has 1 N–H and O–H groups in total. The number of rotatable bonds is 8. The average Bonchev–Trinajstić information content (AvgIpc) is 2.73. The summed E-state index contributed by atoms with van der Waals surface area (Å²) in [6.07, 6.45) is -1.05. The van der Waals surface area contributed by atoms with E-state index in [0.29, 0.717) is 32.0 Å². The fourth-order valence-corrected chi connectivity index (χ4v) is 5.64. The van der Waals surface area contributed by atoms with Gasteiger partial charge in [-0.2, -0.15) is 0 Å². The van der Waals surface area contributed by atoms with Gasteiger partial charge in [-0.1, -0.05) is 37.6 Å². The zero-order valence-electron chi connectivity index (χ0n) is 19.2. The number of halogens is 1. The maximum absolute atomic E-state index is 15.0.